The van der Waals surface area contributed by atoms with Crippen molar-refractivity contribution < 1.29 is 4.79 Å². The summed E-state index contributed by atoms with van der Waals surface area (Å²) in [6, 6.07) is 8.69. The van der Waals surface area contributed by atoms with Gasteiger partial charge in [-0.1, -0.05) is 25.1 Å². The fourth-order valence-electron chi connectivity index (χ4n) is 3.78. The first-order chi connectivity index (χ1) is 13.1. The quantitative estimate of drug-likeness (QED) is 0.326. The maximum atomic E-state index is 11.9. The van der Waals surface area contributed by atoms with Crippen molar-refractivity contribution >= 4 is 46.7 Å². The number of H-pyrrole nitrogens is 1. The van der Waals surface area contributed by atoms with E-state index in [1.54, 1.807) is 0 Å². The smallest absolute Gasteiger partial charge is 0.222 e. The van der Waals surface area contributed by atoms with Crippen molar-refractivity contribution in [3.63, 3.8) is 0 Å². The zero-order chi connectivity index (χ0) is 19.2. The molecule has 1 unspecified atom stereocenters. The number of halogens is 1. The third-order valence-electron chi connectivity index (χ3n) is 5.19. The van der Waals surface area contributed by atoms with Crippen LogP contribution in [0.15, 0.2) is 29.3 Å². The molecule has 0 spiro atoms. The second-order valence-electron chi connectivity index (χ2n) is 7.11. The van der Waals surface area contributed by atoms with Crippen molar-refractivity contribution in [2.24, 2.45) is 4.99 Å². The van der Waals surface area contributed by atoms with Crippen molar-refractivity contribution in [2.45, 2.75) is 46.1 Å². The van der Waals surface area contributed by atoms with Gasteiger partial charge in [0.2, 0.25) is 5.91 Å². The number of amides is 1. The van der Waals surface area contributed by atoms with Gasteiger partial charge in [-0.2, -0.15) is 0 Å². The first-order valence-corrected chi connectivity index (χ1v) is 10.0. The standard InChI is InChI=1S/C21H31N5O.HI/c1-4-20(27)26-13-11-16(14-26)25-21(22-5-2)23-12-10-17-15(3)24-19-9-7-6-8-18(17)19;/h6-9,16,24H,4-5,10-14H2,1-3H3,(H2,22,23,25);1H. The molecule has 0 saturated carbocycles. The number of fused-ring (bicyclic) bond motifs is 1. The Bertz CT molecular complexity index is 816. The minimum Gasteiger partial charge on any atom is -0.358 e. The van der Waals surface area contributed by atoms with Gasteiger partial charge in [0.25, 0.3) is 0 Å². The fourth-order valence-corrected chi connectivity index (χ4v) is 3.78. The highest BCUT2D eigenvalue weighted by molar-refractivity contribution is 14.0. The van der Waals surface area contributed by atoms with Gasteiger partial charge in [0.1, 0.15) is 0 Å². The van der Waals surface area contributed by atoms with Crippen LogP contribution in [-0.2, 0) is 11.2 Å². The van der Waals surface area contributed by atoms with E-state index in [0.717, 1.165) is 45.0 Å². The predicted molar refractivity (Wildman–Crippen MR) is 127 cm³/mol. The van der Waals surface area contributed by atoms with Crippen LogP contribution in [-0.4, -0.2) is 54.0 Å². The number of likely N-dealkylation sites (tertiary alicyclic amines) is 1. The van der Waals surface area contributed by atoms with E-state index < -0.39 is 0 Å². The monoisotopic (exact) mass is 497 g/mol. The van der Waals surface area contributed by atoms with Gasteiger partial charge in [0, 0.05) is 55.2 Å². The fraction of sp³-hybridized carbons (Fsp3) is 0.524. The van der Waals surface area contributed by atoms with Crippen molar-refractivity contribution in [1.82, 2.24) is 20.5 Å². The molecule has 0 bridgehead atoms. The Kier molecular flexibility index (Phi) is 8.59. The number of aromatic amines is 1. The van der Waals surface area contributed by atoms with Gasteiger partial charge in [-0.25, -0.2) is 0 Å². The number of hydrogen-bond donors (Lipinski definition) is 3. The number of carbonyl (C=O) groups excluding carboxylic acids is 1. The Morgan fingerprint density at radius 2 is 2.11 bits per heavy atom. The Morgan fingerprint density at radius 1 is 1.32 bits per heavy atom. The van der Waals surface area contributed by atoms with Crippen LogP contribution in [0, 0.1) is 6.92 Å². The molecule has 7 heteroatoms. The van der Waals surface area contributed by atoms with Gasteiger partial charge in [-0.15, -0.1) is 24.0 Å². The number of rotatable bonds is 6. The lowest BCUT2D eigenvalue weighted by Crippen LogP contribution is -2.45. The van der Waals surface area contributed by atoms with Crippen LogP contribution in [0.2, 0.25) is 0 Å². The predicted octanol–water partition coefficient (Wildman–Crippen LogP) is 3.20. The van der Waals surface area contributed by atoms with E-state index in [0.29, 0.717) is 6.42 Å². The molecule has 1 fully saturated rings. The number of hydrogen-bond acceptors (Lipinski definition) is 2. The van der Waals surface area contributed by atoms with E-state index in [2.05, 4.69) is 53.7 Å². The Morgan fingerprint density at radius 3 is 2.86 bits per heavy atom. The SMILES string of the molecule is CCNC(=NCCc1c(C)[nH]c2ccccc12)NC1CCN(C(=O)CC)C1.I. The molecular weight excluding hydrogens is 465 g/mol. The average Bonchev–Trinajstić information content (AvgIpc) is 3.26. The summed E-state index contributed by atoms with van der Waals surface area (Å²) in [5, 5.41) is 8.11. The molecule has 1 aliphatic rings. The van der Waals surface area contributed by atoms with Crippen molar-refractivity contribution in [1.29, 1.82) is 0 Å². The molecule has 1 atom stereocenters. The molecular formula is C21H32IN5O. The van der Waals surface area contributed by atoms with Gasteiger partial charge in [-0.05, 0) is 38.3 Å². The lowest BCUT2D eigenvalue weighted by Gasteiger charge is -2.18. The zero-order valence-corrected chi connectivity index (χ0v) is 19.4. The highest BCUT2D eigenvalue weighted by Gasteiger charge is 2.25. The van der Waals surface area contributed by atoms with Gasteiger partial charge in [-0.3, -0.25) is 9.79 Å². The summed E-state index contributed by atoms with van der Waals surface area (Å²) in [4.78, 5) is 22.0. The number of benzene rings is 1. The summed E-state index contributed by atoms with van der Waals surface area (Å²) in [7, 11) is 0. The number of aliphatic imine (C=N–C) groups is 1. The third-order valence-corrected chi connectivity index (χ3v) is 5.19. The van der Waals surface area contributed by atoms with Crippen LogP contribution < -0.4 is 10.6 Å². The van der Waals surface area contributed by atoms with Crippen LogP contribution in [0.5, 0.6) is 0 Å². The van der Waals surface area contributed by atoms with E-state index >= 15 is 0 Å². The van der Waals surface area contributed by atoms with Gasteiger partial charge in [0.15, 0.2) is 5.96 Å². The molecule has 6 nitrogen and oxygen atoms in total. The maximum Gasteiger partial charge on any atom is 0.222 e. The van der Waals surface area contributed by atoms with E-state index in [1.165, 1.54) is 22.2 Å². The van der Waals surface area contributed by atoms with Crippen molar-refractivity contribution in [3.8, 4) is 0 Å². The summed E-state index contributed by atoms with van der Waals surface area (Å²) in [6.45, 7) is 9.26. The molecule has 1 aliphatic heterocycles. The number of aromatic nitrogens is 1. The molecule has 1 saturated heterocycles. The van der Waals surface area contributed by atoms with Crippen molar-refractivity contribution in [2.75, 3.05) is 26.2 Å². The van der Waals surface area contributed by atoms with Crippen molar-refractivity contribution in [3.05, 3.63) is 35.5 Å². The minimum absolute atomic E-state index is 0. The first kappa shape index (κ1) is 22.5. The molecule has 0 aliphatic carbocycles. The largest absolute Gasteiger partial charge is 0.358 e. The van der Waals surface area contributed by atoms with Crippen LogP contribution in [0.4, 0.5) is 0 Å². The Balaban J connectivity index is 0.00000280. The second-order valence-corrected chi connectivity index (χ2v) is 7.11. The van der Waals surface area contributed by atoms with Crippen LogP contribution >= 0.6 is 24.0 Å². The number of nitrogens with one attached hydrogen (secondary N) is 3. The van der Waals surface area contributed by atoms with Crippen LogP contribution in [0.25, 0.3) is 10.9 Å². The Labute approximate surface area is 184 Å². The number of aryl methyl sites for hydroxylation is 1. The summed E-state index contributed by atoms with van der Waals surface area (Å²) in [6.07, 6.45) is 2.44. The van der Waals surface area contributed by atoms with Gasteiger partial charge < -0.3 is 20.5 Å². The lowest BCUT2D eigenvalue weighted by atomic mass is 10.1. The van der Waals surface area contributed by atoms with E-state index in [1.807, 2.05) is 11.8 Å². The summed E-state index contributed by atoms with van der Waals surface area (Å²) in [5.41, 5.74) is 3.74. The number of nitrogens with zero attached hydrogens (tertiary/aromatic N) is 2. The Hall–Kier alpha value is -1.77. The molecule has 1 amide bonds. The molecule has 3 rings (SSSR count). The van der Waals surface area contributed by atoms with Crippen LogP contribution in [0.1, 0.15) is 37.9 Å². The zero-order valence-electron chi connectivity index (χ0n) is 17.0. The van der Waals surface area contributed by atoms with E-state index in [9.17, 15) is 4.79 Å². The minimum atomic E-state index is 0. The van der Waals surface area contributed by atoms with Crippen LogP contribution in [0.3, 0.4) is 0 Å². The van der Waals surface area contributed by atoms with Gasteiger partial charge in [0.05, 0.1) is 0 Å². The molecule has 1 aromatic heterocycles. The average molecular weight is 497 g/mol. The lowest BCUT2D eigenvalue weighted by molar-refractivity contribution is -0.129. The number of carbonyl (C=O) groups is 1. The molecule has 2 heterocycles. The molecule has 0 radical (unpaired) electrons. The third kappa shape index (κ3) is 5.40. The first-order valence-electron chi connectivity index (χ1n) is 10.0. The van der Waals surface area contributed by atoms with E-state index in [4.69, 9.17) is 4.99 Å². The molecule has 2 aromatic rings. The molecule has 3 N–H and O–H groups in total. The number of guanidine groups is 1. The highest BCUT2D eigenvalue weighted by Crippen LogP contribution is 2.22. The topological polar surface area (TPSA) is 72.5 Å². The van der Waals surface area contributed by atoms with E-state index in [-0.39, 0.29) is 35.9 Å². The highest BCUT2D eigenvalue weighted by atomic mass is 127. The number of para-hydroxylation sites is 1. The van der Waals surface area contributed by atoms with Gasteiger partial charge >= 0.3 is 0 Å². The maximum absolute atomic E-state index is 11.9. The molecule has 154 valence electrons. The second kappa shape index (κ2) is 10.7. The summed E-state index contributed by atoms with van der Waals surface area (Å²) in [5.74, 6) is 1.07. The normalized spacial score (nSPS) is 16.9. The molecule has 1 aromatic carbocycles. The summed E-state index contributed by atoms with van der Waals surface area (Å²) >= 11 is 0. The summed E-state index contributed by atoms with van der Waals surface area (Å²) < 4.78 is 0. The molecule has 28 heavy (non-hydrogen) atoms.